The Hall–Kier alpha value is -2.28. The van der Waals surface area contributed by atoms with Gasteiger partial charge in [-0.15, -0.1) is 5.10 Å². The lowest BCUT2D eigenvalue weighted by molar-refractivity contribution is 0.0692. The number of nitrogens with one attached hydrogen (secondary N) is 1. The van der Waals surface area contributed by atoms with Crippen LogP contribution in [0.2, 0.25) is 0 Å². The molecule has 6 nitrogen and oxygen atoms in total. The van der Waals surface area contributed by atoms with Gasteiger partial charge in [0.25, 0.3) is 5.91 Å². The van der Waals surface area contributed by atoms with E-state index >= 15 is 0 Å². The van der Waals surface area contributed by atoms with Gasteiger partial charge >= 0.3 is 0 Å². The molecule has 116 valence electrons. The largest absolute Gasteiger partial charge is 0.336 e. The summed E-state index contributed by atoms with van der Waals surface area (Å²) >= 11 is 0. The van der Waals surface area contributed by atoms with E-state index in [1.165, 1.54) is 16.8 Å². The van der Waals surface area contributed by atoms with E-state index in [2.05, 4.69) is 15.6 Å². The average Bonchev–Trinajstić information content (AvgIpc) is 3.05. The molecule has 1 saturated heterocycles. The Morgan fingerprint density at radius 1 is 1.36 bits per heavy atom. The Labute approximate surface area is 127 Å². The van der Waals surface area contributed by atoms with Gasteiger partial charge in [-0.25, -0.2) is 9.07 Å². The molecule has 0 saturated carbocycles. The van der Waals surface area contributed by atoms with E-state index in [1.807, 2.05) is 7.05 Å². The fourth-order valence-electron chi connectivity index (χ4n) is 2.64. The first kappa shape index (κ1) is 14.6. The molecule has 1 aliphatic rings. The van der Waals surface area contributed by atoms with E-state index in [0.29, 0.717) is 24.0 Å². The monoisotopic (exact) mass is 303 g/mol. The summed E-state index contributed by atoms with van der Waals surface area (Å²) in [4.78, 5) is 14.3. The third-order valence-corrected chi connectivity index (χ3v) is 3.92. The summed E-state index contributed by atoms with van der Waals surface area (Å²) in [6.07, 6.45) is 3.63. The second kappa shape index (κ2) is 6.23. The first-order valence-corrected chi connectivity index (χ1v) is 7.32. The molecule has 1 aromatic heterocycles. The minimum atomic E-state index is -0.313. The highest BCUT2D eigenvalue weighted by Crippen LogP contribution is 2.14. The number of benzene rings is 1. The topological polar surface area (TPSA) is 63.1 Å². The highest BCUT2D eigenvalue weighted by atomic mass is 19.1. The maximum atomic E-state index is 12.9. The van der Waals surface area contributed by atoms with Crippen molar-refractivity contribution in [3.8, 4) is 5.69 Å². The van der Waals surface area contributed by atoms with Crippen LogP contribution in [0.5, 0.6) is 0 Å². The van der Waals surface area contributed by atoms with Crippen LogP contribution in [0.3, 0.4) is 0 Å². The maximum absolute atomic E-state index is 12.9. The van der Waals surface area contributed by atoms with Crippen molar-refractivity contribution >= 4 is 5.91 Å². The van der Waals surface area contributed by atoms with Crippen molar-refractivity contribution in [1.82, 2.24) is 25.2 Å². The molecule has 1 aromatic carbocycles. The summed E-state index contributed by atoms with van der Waals surface area (Å²) in [5, 5.41) is 11.1. The van der Waals surface area contributed by atoms with Gasteiger partial charge in [0.2, 0.25) is 0 Å². The Balaban J connectivity index is 1.75. The molecule has 0 spiro atoms. The molecule has 1 fully saturated rings. The number of nitrogens with zero attached hydrogens (tertiary/aromatic N) is 4. The van der Waals surface area contributed by atoms with Gasteiger partial charge in [0.05, 0.1) is 11.9 Å². The van der Waals surface area contributed by atoms with Gasteiger partial charge in [-0.3, -0.25) is 4.79 Å². The van der Waals surface area contributed by atoms with Crippen LogP contribution in [-0.2, 0) is 0 Å². The first-order valence-electron chi connectivity index (χ1n) is 7.32. The molecule has 2 heterocycles. The SMILES string of the molecule is CN[C@H]1CCCN(C(=O)c2cn(-c3ccc(F)cc3)nn2)C1. The van der Waals surface area contributed by atoms with Crippen LogP contribution in [0.1, 0.15) is 23.3 Å². The lowest BCUT2D eigenvalue weighted by atomic mass is 10.1. The number of carbonyl (C=O) groups is 1. The van der Waals surface area contributed by atoms with Gasteiger partial charge in [-0.2, -0.15) is 0 Å². The van der Waals surface area contributed by atoms with Crippen LogP contribution in [0, 0.1) is 5.82 Å². The number of piperidine rings is 1. The van der Waals surface area contributed by atoms with Gasteiger partial charge in [0.15, 0.2) is 5.69 Å². The minimum absolute atomic E-state index is 0.117. The highest BCUT2D eigenvalue weighted by Gasteiger charge is 2.25. The predicted octanol–water partition coefficient (Wildman–Crippen LogP) is 1.23. The van der Waals surface area contributed by atoms with Crippen molar-refractivity contribution < 1.29 is 9.18 Å². The van der Waals surface area contributed by atoms with Crippen molar-refractivity contribution in [3.63, 3.8) is 0 Å². The Morgan fingerprint density at radius 2 is 2.14 bits per heavy atom. The van der Waals surface area contributed by atoms with Gasteiger partial charge in [0, 0.05) is 19.1 Å². The van der Waals surface area contributed by atoms with Crippen molar-refractivity contribution in [2.75, 3.05) is 20.1 Å². The van der Waals surface area contributed by atoms with E-state index in [9.17, 15) is 9.18 Å². The number of likely N-dealkylation sites (N-methyl/N-ethyl adjacent to an activating group) is 1. The minimum Gasteiger partial charge on any atom is -0.336 e. The summed E-state index contributed by atoms with van der Waals surface area (Å²) < 4.78 is 14.4. The fraction of sp³-hybridized carbons (Fsp3) is 0.400. The molecule has 0 radical (unpaired) electrons. The van der Waals surface area contributed by atoms with Crippen LogP contribution >= 0.6 is 0 Å². The van der Waals surface area contributed by atoms with E-state index in [0.717, 1.165) is 19.4 Å². The second-order valence-electron chi connectivity index (χ2n) is 5.40. The van der Waals surface area contributed by atoms with Crippen molar-refractivity contribution in [2.24, 2.45) is 0 Å². The zero-order valence-electron chi connectivity index (χ0n) is 12.4. The lowest BCUT2D eigenvalue weighted by Gasteiger charge is -2.31. The molecule has 1 amide bonds. The summed E-state index contributed by atoms with van der Waals surface area (Å²) in [5.74, 6) is -0.431. The van der Waals surface area contributed by atoms with Crippen molar-refractivity contribution in [2.45, 2.75) is 18.9 Å². The number of carbonyl (C=O) groups excluding carboxylic acids is 1. The van der Waals surface area contributed by atoms with Crippen molar-refractivity contribution in [3.05, 3.63) is 42.0 Å². The fourth-order valence-corrected chi connectivity index (χ4v) is 2.64. The molecule has 1 atom stereocenters. The predicted molar refractivity (Wildman–Crippen MR) is 79.3 cm³/mol. The Kier molecular flexibility index (Phi) is 4.15. The summed E-state index contributed by atoms with van der Waals surface area (Å²) in [7, 11) is 1.91. The lowest BCUT2D eigenvalue weighted by Crippen LogP contribution is -2.47. The third kappa shape index (κ3) is 2.99. The van der Waals surface area contributed by atoms with Gasteiger partial charge in [0.1, 0.15) is 5.82 Å². The van der Waals surface area contributed by atoms with Crippen LogP contribution in [0.4, 0.5) is 4.39 Å². The van der Waals surface area contributed by atoms with Crippen LogP contribution in [-0.4, -0.2) is 52.0 Å². The molecule has 0 aliphatic carbocycles. The van der Waals surface area contributed by atoms with E-state index in [1.54, 1.807) is 23.2 Å². The summed E-state index contributed by atoms with van der Waals surface area (Å²) in [6, 6.07) is 6.21. The molecule has 1 N–H and O–H groups in total. The molecule has 0 unspecified atom stereocenters. The average molecular weight is 303 g/mol. The standard InChI is InChI=1S/C15H18FN5O/c1-17-12-3-2-8-20(9-12)15(22)14-10-21(19-18-14)13-6-4-11(16)5-7-13/h4-7,10,12,17H,2-3,8-9H2,1H3/t12-/m0/s1. The van der Waals surface area contributed by atoms with E-state index in [-0.39, 0.29) is 11.7 Å². The zero-order valence-corrected chi connectivity index (χ0v) is 12.4. The number of aromatic nitrogens is 3. The van der Waals surface area contributed by atoms with E-state index < -0.39 is 0 Å². The summed E-state index contributed by atoms with van der Waals surface area (Å²) in [5.41, 5.74) is 0.973. The molecule has 1 aliphatic heterocycles. The van der Waals surface area contributed by atoms with Gasteiger partial charge in [-0.1, -0.05) is 5.21 Å². The normalized spacial score (nSPS) is 18.5. The highest BCUT2D eigenvalue weighted by molar-refractivity contribution is 5.92. The number of amides is 1. The molecular formula is C15H18FN5O. The zero-order chi connectivity index (χ0) is 15.5. The van der Waals surface area contributed by atoms with Gasteiger partial charge < -0.3 is 10.2 Å². The van der Waals surface area contributed by atoms with Crippen LogP contribution < -0.4 is 5.32 Å². The van der Waals surface area contributed by atoms with E-state index in [4.69, 9.17) is 0 Å². The van der Waals surface area contributed by atoms with Gasteiger partial charge in [-0.05, 0) is 44.2 Å². The number of likely N-dealkylation sites (tertiary alicyclic amines) is 1. The smallest absolute Gasteiger partial charge is 0.276 e. The Bertz CT molecular complexity index is 654. The molecule has 0 bridgehead atoms. The number of hydrogen-bond acceptors (Lipinski definition) is 4. The molecule has 2 aromatic rings. The number of halogens is 1. The number of rotatable bonds is 3. The second-order valence-corrected chi connectivity index (χ2v) is 5.40. The quantitative estimate of drug-likeness (QED) is 0.926. The van der Waals surface area contributed by atoms with Crippen LogP contribution in [0.15, 0.2) is 30.5 Å². The molecule has 3 rings (SSSR count). The molecule has 7 heteroatoms. The Morgan fingerprint density at radius 3 is 2.86 bits per heavy atom. The molecule has 22 heavy (non-hydrogen) atoms. The number of hydrogen-bond donors (Lipinski definition) is 1. The summed E-state index contributed by atoms with van der Waals surface area (Å²) in [6.45, 7) is 1.42. The van der Waals surface area contributed by atoms with Crippen LogP contribution in [0.25, 0.3) is 5.69 Å². The first-order chi connectivity index (χ1) is 10.7. The molecular weight excluding hydrogens is 285 g/mol. The maximum Gasteiger partial charge on any atom is 0.276 e. The van der Waals surface area contributed by atoms with Crippen molar-refractivity contribution in [1.29, 1.82) is 0 Å². The third-order valence-electron chi connectivity index (χ3n) is 3.92.